The number of hydrogen-bond donors (Lipinski definition) is 2. The number of aromatic nitrogens is 1. The molecule has 3 nitrogen and oxygen atoms in total. The molecule has 0 radical (unpaired) electrons. The lowest BCUT2D eigenvalue weighted by molar-refractivity contribution is 0.102. The summed E-state index contributed by atoms with van der Waals surface area (Å²) in [5.41, 5.74) is 1.30. The molecule has 2 aromatic carbocycles. The summed E-state index contributed by atoms with van der Waals surface area (Å²) in [5, 5.41) is 3.77. The van der Waals surface area contributed by atoms with Crippen LogP contribution in [0, 0.1) is 11.6 Å². The second kappa shape index (κ2) is 5.18. The van der Waals surface area contributed by atoms with Gasteiger partial charge in [-0.15, -0.1) is 0 Å². The fourth-order valence-electron chi connectivity index (χ4n) is 2.06. The van der Waals surface area contributed by atoms with Crippen LogP contribution in [0.15, 0.2) is 42.6 Å². The minimum Gasteiger partial charge on any atom is -0.360 e. The highest BCUT2D eigenvalue weighted by Gasteiger charge is 2.13. The highest BCUT2D eigenvalue weighted by Crippen LogP contribution is 2.23. The van der Waals surface area contributed by atoms with Crippen LogP contribution in [0.3, 0.4) is 0 Å². The highest BCUT2D eigenvalue weighted by atomic mass is 35.5. The van der Waals surface area contributed by atoms with Gasteiger partial charge in [0.25, 0.3) is 5.91 Å². The Morgan fingerprint density at radius 1 is 1.10 bits per heavy atom. The van der Waals surface area contributed by atoms with Crippen LogP contribution in [0.25, 0.3) is 10.9 Å². The zero-order chi connectivity index (χ0) is 15.0. The van der Waals surface area contributed by atoms with Gasteiger partial charge in [-0.1, -0.05) is 17.7 Å². The summed E-state index contributed by atoms with van der Waals surface area (Å²) in [5.74, 6) is -2.40. The van der Waals surface area contributed by atoms with Crippen LogP contribution in [-0.2, 0) is 0 Å². The van der Waals surface area contributed by atoms with Crippen molar-refractivity contribution in [3.63, 3.8) is 0 Å². The Morgan fingerprint density at radius 2 is 1.90 bits per heavy atom. The topological polar surface area (TPSA) is 44.9 Å². The van der Waals surface area contributed by atoms with Crippen molar-refractivity contribution in [3.8, 4) is 0 Å². The van der Waals surface area contributed by atoms with Gasteiger partial charge in [-0.2, -0.15) is 0 Å². The Bertz CT molecular complexity index is 845. The third-order valence-corrected chi connectivity index (χ3v) is 3.30. The molecule has 3 aromatic rings. The number of H-pyrrole nitrogens is 1. The van der Waals surface area contributed by atoms with Gasteiger partial charge in [-0.3, -0.25) is 4.79 Å². The van der Waals surface area contributed by atoms with Gasteiger partial charge in [-0.25, -0.2) is 8.78 Å². The van der Waals surface area contributed by atoms with E-state index >= 15 is 0 Å². The molecule has 0 bridgehead atoms. The third-order valence-electron chi connectivity index (χ3n) is 3.07. The molecule has 0 unspecified atom stereocenters. The molecule has 21 heavy (non-hydrogen) atoms. The summed E-state index contributed by atoms with van der Waals surface area (Å²) in [6.45, 7) is 0. The Kier molecular flexibility index (Phi) is 3.35. The Hall–Kier alpha value is -2.40. The van der Waals surface area contributed by atoms with Gasteiger partial charge in [0, 0.05) is 33.9 Å². The highest BCUT2D eigenvalue weighted by molar-refractivity contribution is 6.31. The first-order valence-corrected chi connectivity index (χ1v) is 6.45. The summed E-state index contributed by atoms with van der Waals surface area (Å²) in [6, 6.07) is 8.27. The van der Waals surface area contributed by atoms with Crippen LogP contribution >= 0.6 is 11.6 Å². The first kappa shape index (κ1) is 13.6. The zero-order valence-corrected chi connectivity index (χ0v) is 11.3. The fourth-order valence-corrected chi connectivity index (χ4v) is 2.23. The van der Waals surface area contributed by atoms with Crippen molar-refractivity contribution in [2.45, 2.75) is 0 Å². The maximum Gasteiger partial charge on any atom is 0.257 e. The van der Waals surface area contributed by atoms with Gasteiger partial charge in [0.2, 0.25) is 0 Å². The number of benzene rings is 2. The molecule has 1 amide bonds. The van der Waals surface area contributed by atoms with Gasteiger partial charge in [-0.05, 0) is 24.3 Å². The van der Waals surface area contributed by atoms with Crippen LogP contribution in [0.5, 0.6) is 0 Å². The van der Waals surface area contributed by atoms with Crippen LogP contribution in [0.2, 0.25) is 5.02 Å². The number of nitrogens with one attached hydrogen (secondary N) is 2. The van der Waals surface area contributed by atoms with Gasteiger partial charge in [0.1, 0.15) is 0 Å². The summed E-state index contributed by atoms with van der Waals surface area (Å²) >= 11 is 5.87. The summed E-state index contributed by atoms with van der Waals surface area (Å²) in [7, 11) is 0. The summed E-state index contributed by atoms with van der Waals surface area (Å²) in [6.07, 6.45) is 1.54. The molecule has 0 aliphatic carbocycles. The number of fused-ring (bicyclic) bond motifs is 1. The lowest BCUT2D eigenvalue weighted by Crippen LogP contribution is -2.11. The van der Waals surface area contributed by atoms with E-state index in [1.165, 1.54) is 12.3 Å². The standard InChI is InChI=1S/C15H9ClF2N2O/c16-8-1-3-10-11(7-19-14(10)5-8)15(21)20-9-2-4-12(17)13(18)6-9/h1-7,19H,(H,20,21). The minimum atomic E-state index is -1.02. The second-order valence-corrected chi connectivity index (χ2v) is 4.91. The first-order valence-electron chi connectivity index (χ1n) is 6.07. The normalized spacial score (nSPS) is 10.8. The molecule has 0 saturated heterocycles. The first-order chi connectivity index (χ1) is 10.0. The van der Waals surface area contributed by atoms with Crippen molar-refractivity contribution in [2.24, 2.45) is 0 Å². The Labute approximate surface area is 123 Å². The van der Waals surface area contributed by atoms with Crippen molar-refractivity contribution >= 4 is 34.1 Å². The molecular formula is C15H9ClF2N2O. The summed E-state index contributed by atoms with van der Waals surface area (Å²) < 4.78 is 26.0. The Morgan fingerprint density at radius 3 is 2.67 bits per heavy atom. The van der Waals surface area contributed by atoms with E-state index in [0.29, 0.717) is 16.0 Å². The molecule has 1 heterocycles. The monoisotopic (exact) mass is 306 g/mol. The largest absolute Gasteiger partial charge is 0.360 e. The van der Waals surface area contributed by atoms with Gasteiger partial charge in [0.15, 0.2) is 11.6 Å². The van der Waals surface area contributed by atoms with E-state index in [2.05, 4.69) is 10.3 Å². The summed E-state index contributed by atoms with van der Waals surface area (Å²) in [4.78, 5) is 15.1. The molecule has 0 aliphatic heterocycles. The number of amides is 1. The minimum absolute atomic E-state index is 0.183. The quantitative estimate of drug-likeness (QED) is 0.726. The van der Waals surface area contributed by atoms with Crippen molar-refractivity contribution in [1.82, 2.24) is 4.98 Å². The molecule has 0 spiro atoms. The van der Waals surface area contributed by atoms with E-state index in [4.69, 9.17) is 11.6 Å². The van der Waals surface area contributed by atoms with Gasteiger partial charge in [0.05, 0.1) is 5.56 Å². The number of carbonyl (C=O) groups is 1. The average Bonchev–Trinajstić information content (AvgIpc) is 2.85. The number of anilines is 1. The molecule has 0 fully saturated rings. The number of carbonyl (C=O) groups excluding carboxylic acids is 1. The van der Waals surface area contributed by atoms with Crippen molar-refractivity contribution in [2.75, 3.05) is 5.32 Å². The predicted molar refractivity (Wildman–Crippen MR) is 77.6 cm³/mol. The van der Waals surface area contributed by atoms with Crippen molar-refractivity contribution in [1.29, 1.82) is 0 Å². The average molecular weight is 307 g/mol. The van der Waals surface area contributed by atoms with E-state index < -0.39 is 17.5 Å². The molecule has 1 aromatic heterocycles. The van der Waals surface area contributed by atoms with Crippen LogP contribution in [0.1, 0.15) is 10.4 Å². The van der Waals surface area contributed by atoms with E-state index in [1.807, 2.05) is 0 Å². The number of rotatable bonds is 2. The van der Waals surface area contributed by atoms with E-state index in [0.717, 1.165) is 17.6 Å². The molecule has 2 N–H and O–H groups in total. The molecule has 6 heteroatoms. The third kappa shape index (κ3) is 2.60. The van der Waals surface area contributed by atoms with Crippen LogP contribution in [-0.4, -0.2) is 10.9 Å². The van der Waals surface area contributed by atoms with Gasteiger partial charge < -0.3 is 10.3 Å². The Balaban J connectivity index is 1.91. The van der Waals surface area contributed by atoms with Crippen molar-refractivity contribution in [3.05, 3.63) is 64.8 Å². The maximum atomic E-state index is 13.1. The lowest BCUT2D eigenvalue weighted by atomic mass is 10.1. The maximum absolute atomic E-state index is 13.1. The SMILES string of the molecule is O=C(Nc1ccc(F)c(F)c1)c1c[nH]c2cc(Cl)ccc12. The van der Waals surface area contributed by atoms with Crippen LogP contribution in [0.4, 0.5) is 14.5 Å². The van der Waals surface area contributed by atoms with Crippen molar-refractivity contribution < 1.29 is 13.6 Å². The second-order valence-electron chi connectivity index (χ2n) is 4.48. The fraction of sp³-hybridized carbons (Fsp3) is 0. The molecule has 0 atom stereocenters. The number of hydrogen-bond acceptors (Lipinski definition) is 1. The number of halogens is 3. The molecule has 0 aliphatic rings. The number of aromatic amines is 1. The predicted octanol–water partition coefficient (Wildman–Crippen LogP) is 4.35. The molecule has 3 rings (SSSR count). The molecular weight excluding hydrogens is 298 g/mol. The molecule has 106 valence electrons. The van der Waals surface area contributed by atoms with Gasteiger partial charge >= 0.3 is 0 Å². The smallest absolute Gasteiger partial charge is 0.257 e. The van der Waals surface area contributed by atoms with E-state index in [9.17, 15) is 13.6 Å². The van der Waals surface area contributed by atoms with E-state index in [-0.39, 0.29) is 5.69 Å². The van der Waals surface area contributed by atoms with E-state index in [1.54, 1.807) is 18.2 Å². The van der Waals surface area contributed by atoms with Crippen LogP contribution < -0.4 is 5.32 Å². The molecule has 0 saturated carbocycles. The lowest BCUT2D eigenvalue weighted by Gasteiger charge is -2.05. The zero-order valence-electron chi connectivity index (χ0n) is 10.6.